The SMILES string of the molecule is COCCn1c(SC(C)C(=O)Nc2c(C)cc(C)cc2C)nc2ccccc21. The van der Waals surface area contributed by atoms with Gasteiger partial charge in [-0.2, -0.15) is 0 Å². The minimum Gasteiger partial charge on any atom is -0.383 e. The van der Waals surface area contributed by atoms with Crippen LogP contribution in [0.1, 0.15) is 23.6 Å². The number of para-hydroxylation sites is 2. The minimum atomic E-state index is -0.279. The lowest BCUT2D eigenvalue weighted by atomic mass is 10.1. The number of hydrogen-bond acceptors (Lipinski definition) is 4. The lowest BCUT2D eigenvalue weighted by molar-refractivity contribution is -0.115. The lowest BCUT2D eigenvalue weighted by Crippen LogP contribution is -2.24. The summed E-state index contributed by atoms with van der Waals surface area (Å²) in [7, 11) is 1.69. The molecule has 1 N–H and O–H groups in total. The van der Waals surface area contributed by atoms with Crippen LogP contribution in [0.4, 0.5) is 5.69 Å². The third kappa shape index (κ3) is 4.39. The van der Waals surface area contributed by atoms with Gasteiger partial charge in [-0.1, -0.05) is 41.6 Å². The Labute approximate surface area is 170 Å². The van der Waals surface area contributed by atoms with Crippen LogP contribution in [0.25, 0.3) is 11.0 Å². The van der Waals surface area contributed by atoms with Crippen molar-refractivity contribution in [1.29, 1.82) is 0 Å². The van der Waals surface area contributed by atoms with Crippen LogP contribution in [-0.2, 0) is 16.1 Å². The molecule has 148 valence electrons. The number of methoxy groups -OCH3 is 1. The Bertz CT molecular complexity index is 974. The number of aryl methyl sites for hydroxylation is 3. The fraction of sp³-hybridized carbons (Fsp3) is 0.364. The minimum absolute atomic E-state index is 0.0228. The summed E-state index contributed by atoms with van der Waals surface area (Å²) < 4.78 is 7.37. The molecule has 1 aromatic heterocycles. The van der Waals surface area contributed by atoms with Gasteiger partial charge in [-0.25, -0.2) is 4.98 Å². The number of carbonyl (C=O) groups is 1. The van der Waals surface area contributed by atoms with Crippen molar-refractivity contribution in [3.63, 3.8) is 0 Å². The van der Waals surface area contributed by atoms with Crippen molar-refractivity contribution >= 4 is 34.4 Å². The molecule has 1 atom stereocenters. The molecular weight excluding hydrogens is 370 g/mol. The largest absolute Gasteiger partial charge is 0.383 e. The summed E-state index contributed by atoms with van der Waals surface area (Å²) in [4.78, 5) is 17.6. The lowest BCUT2D eigenvalue weighted by Gasteiger charge is -2.16. The third-order valence-corrected chi connectivity index (χ3v) is 5.81. The summed E-state index contributed by atoms with van der Waals surface area (Å²) in [5, 5.41) is 3.65. The van der Waals surface area contributed by atoms with E-state index in [9.17, 15) is 4.79 Å². The van der Waals surface area contributed by atoms with E-state index >= 15 is 0 Å². The molecule has 3 rings (SSSR count). The first-order chi connectivity index (χ1) is 13.4. The van der Waals surface area contributed by atoms with Crippen LogP contribution in [0.3, 0.4) is 0 Å². The van der Waals surface area contributed by atoms with Crippen molar-refractivity contribution < 1.29 is 9.53 Å². The van der Waals surface area contributed by atoms with E-state index in [1.165, 1.54) is 17.3 Å². The fourth-order valence-electron chi connectivity index (χ4n) is 3.36. The molecule has 0 spiro atoms. The average Bonchev–Trinajstić information content (AvgIpc) is 2.99. The summed E-state index contributed by atoms with van der Waals surface area (Å²) in [6, 6.07) is 12.2. The number of nitrogens with zero attached hydrogens (tertiary/aromatic N) is 2. The molecular formula is C22H27N3O2S. The Morgan fingerprint density at radius 2 is 1.89 bits per heavy atom. The molecule has 0 aliphatic carbocycles. The molecule has 1 unspecified atom stereocenters. The summed E-state index contributed by atoms with van der Waals surface area (Å²) in [6.45, 7) is 9.32. The van der Waals surface area contributed by atoms with Crippen LogP contribution in [0.2, 0.25) is 0 Å². The highest BCUT2D eigenvalue weighted by atomic mass is 32.2. The van der Waals surface area contributed by atoms with Crippen LogP contribution in [-0.4, -0.2) is 34.4 Å². The van der Waals surface area contributed by atoms with Gasteiger partial charge in [0.2, 0.25) is 5.91 Å². The molecule has 3 aromatic rings. The van der Waals surface area contributed by atoms with E-state index in [4.69, 9.17) is 9.72 Å². The number of benzene rings is 2. The fourth-order valence-corrected chi connectivity index (χ4v) is 4.31. The van der Waals surface area contributed by atoms with Crippen molar-refractivity contribution in [2.24, 2.45) is 0 Å². The van der Waals surface area contributed by atoms with E-state index < -0.39 is 0 Å². The second-order valence-corrected chi connectivity index (χ2v) is 8.36. The molecule has 0 saturated heterocycles. The van der Waals surface area contributed by atoms with Gasteiger partial charge in [-0.15, -0.1) is 0 Å². The van der Waals surface area contributed by atoms with Gasteiger partial charge >= 0.3 is 0 Å². The van der Waals surface area contributed by atoms with Gasteiger partial charge in [-0.3, -0.25) is 4.79 Å². The van der Waals surface area contributed by atoms with Gasteiger partial charge < -0.3 is 14.6 Å². The predicted octanol–water partition coefficient (Wildman–Crippen LogP) is 4.73. The molecule has 28 heavy (non-hydrogen) atoms. The number of amides is 1. The number of hydrogen-bond donors (Lipinski definition) is 1. The molecule has 0 bridgehead atoms. The van der Waals surface area contributed by atoms with Crippen molar-refractivity contribution in [1.82, 2.24) is 9.55 Å². The summed E-state index contributed by atoms with van der Waals surface area (Å²) in [6.07, 6.45) is 0. The smallest absolute Gasteiger partial charge is 0.237 e. The number of ether oxygens (including phenoxy) is 1. The zero-order chi connectivity index (χ0) is 20.3. The van der Waals surface area contributed by atoms with E-state index in [0.29, 0.717) is 13.2 Å². The molecule has 0 fully saturated rings. The van der Waals surface area contributed by atoms with E-state index in [1.807, 2.05) is 45.0 Å². The zero-order valence-corrected chi connectivity index (χ0v) is 17.9. The van der Waals surface area contributed by atoms with Gasteiger partial charge in [0.1, 0.15) is 0 Å². The first-order valence-electron chi connectivity index (χ1n) is 9.40. The molecule has 0 radical (unpaired) electrons. The van der Waals surface area contributed by atoms with Gasteiger partial charge in [0.25, 0.3) is 0 Å². The van der Waals surface area contributed by atoms with Gasteiger partial charge in [0.15, 0.2) is 5.16 Å². The summed E-state index contributed by atoms with van der Waals surface area (Å²) >= 11 is 1.47. The monoisotopic (exact) mass is 397 g/mol. The first-order valence-corrected chi connectivity index (χ1v) is 10.3. The van der Waals surface area contributed by atoms with Crippen molar-refractivity contribution in [3.8, 4) is 0 Å². The highest BCUT2D eigenvalue weighted by Crippen LogP contribution is 2.29. The first kappa shape index (κ1) is 20.4. The quantitative estimate of drug-likeness (QED) is 0.586. The zero-order valence-electron chi connectivity index (χ0n) is 17.1. The molecule has 6 heteroatoms. The van der Waals surface area contributed by atoms with Gasteiger partial charge in [0, 0.05) is 19.3 Å². The van der Waals surface area contributed by atoms with Gasteiger partial charge in [0.05, 0.1) is 22.9 Å². The predicted molar refractivity (Wildman–Crippen MR) is 116 cm³/mol. The number of imidazole rings is 1. The summed E-state index contributed by atoms with van der Waals surface area (Å²) in [5.41, 5.74) is 6.24. The highest BCUT2D eigenvalue weighted by molar-refractivity contribution is 8.00. The number of aromatic nitrogens is 2. The Kier molecular flexibility index (Phi) is 6.42. The van der Waals surface area contributed by atoms with E-state index in [0.717, 1.165) is 33.0 Å². The number of fused-ring (bicyclic) bond motifs is 1. The van der Waals surface area contributed by atoms with E-state index in [-0.39, 0.29) is 11.2 Å². The molecule has 0 aliphatic heterocycles. The second kappa shape index (κ2) is 8.80. The maximum absolute atomic E-state index is 12.9. The second-order valence-electron chi connectivity index (χ2n) is 7.05. The Morgan fingerprint density at radius 3 is 2.57 bits per heavy atom. The van der Waals surface area contributed by atoms with Crippen LogP contribution in [0.5, 0.6) is 0 Å². The number of rotatable bonds is 7. The maximum atomic E-state index is 12.9. The van der Waals surface area contributed by atoms with Crippen molar-refractivity contribution in [3.05, 3.63) is 53.1 Å². The molecule has 0 saturated carbocycles. The number of carbonyl (C=O) groups excluding carboxylic acids is 1. The van der Waals surface area contributed by atoms with E-state index in [1.54, 1.807) is 7.11 Å². The summed E-state index contributed by atoms with van der Waals surface area (Å²) in [5.74, 6) is -0.0228. The van der Waals surface area contributed by atoms with Crippen LogP contribution >= 0.6 is 11.8 Å². The number of thioether (sulfide) groups is 1. The Hall–Kier alpha value is -2.31. The molecule has 2 aromatic carbocycles. The molecule has 1 amide bonds. The standard InChI is InChI=1S/C22H27N3O2S/c1-14-12-15(2)20(16(3)13-14)24-21(26)17(4)28-22-23-18-8-6-7-9-19(18)25(22)10-11-27-5/h6-9,12-13,17H,10-11H2,1-5H3,(H,24,26). The Morgan fingerprint density at radius 1 is 1.21 bits per heavy atom. The van der Waals surface area contributed by atoms with E-state index in [2.05, 4.69) is 28.9 Å². The van der Waals surface area contributed by atoms with Crippen molar-refractivity contribution in [2.45, 2.75) is 44.6 Å². The number of nitrogens with one attached hydrogen (secondary N) is 1. The van der Waals surface area contributed by atoms with Crippen LogP contribution < -0.4 is 5.32 Å². The Balaban J connectivity index is 1.81. The normalized spacial score (nSPS) is 12.3. The third-order valence-electron chi connectivity index (χ3n) is 4.72. The highest BCUT2D eigenvalue weighted by Gasteiger charge is 2.20. The maximum Gasteiger partial charge on any atom is 0.237 e. The van der Waals surface area contributed by atoms with Gasteiger partial charge in [-0.05, 0) is 51.0 Å². The van der Waals surface area contributed by atoms with Crippen LogP contribution in [0.15, 0.2) is 41.6 Å². The molecule has 5 nitrogen and oxygen atoms in total. The van der Waals surface area contributed by atoms with Crippen molar-refractivity contribution in [2.75, 3.05) is 19.0 Å². The molecule has 1 heterocycles. The number of anilines is 1. The van der Waals surface area contributed by atoms with Crippen LogP contribution in [0, 0.1) is 20.8 Å². The molecule has 0 aliphatic rings. The topological polar surface area (TPSA) is 56.1 Å². The average molecular weight is 398 g/mol.